The van der Waals surface area contributed by atoms with E-state index < -0.39 is 0 Å². The molecule has 2 rings (SSSR count). The molecule has 1 fully saturated rings. The van der Waals surface area contributed by atoms with Gasteiger partial charge in [-0.1, -0.05) is 25.0 Å². The Morgan fingerprint density at radius 1 is 1.31 bits per heavy atom. The normalized spacial score (nSPS) is 21.4. The van der Waals surface area contributed by atoms with Crippen molar-refractivity contribution in [3.63, 3.8) is 0 Å². The van der Waals surface area contributed by atoms with Gasteiger partial charge in [0.25, 0.3) is 0 Å². The zero-order valence-electron chi connectivity index (χ0n) is 10.0. The fourth-order valence-electron chi connectivity index (χ4n) is 2.36. The molecule has 0 spiro atoms. The number of hydrogen-bond donors (Lipinski definition) is 1. The van der Waals surface area contributed by atoms with E-state index in [0.29, 0.717) is 6.04 Å². The summed E-state index contributed by atoms with van der Waals surface area (Å²) in [5.41, 5.74) is 1.37. The first kappa shape index (κ1) is 11.5. The Morgan fingerprint density at radius 2 is 2.25 bits per heavy atom. The third-order valence-corrected chi connectivity index (χ3v) is 3.28. The van der Waals surface area contributed by atoms with Crippen molar-refractivity contribution in [1.29, 1.82) is 0 Å². The molecule has 2 nitrogen and oxygen atoms in total. The molecular formula is C14H21NO. The van der Waals surface area contributed by atoms with Gasteiger partial charge in [0.05, 0.1) is 7.11 Å². The third kappa shape index (κ3) is 3.24. The molecule has 0 aliphatic carbocycles. The van der Waals surface area contributed by atoms with Crippen LogP contribution in [0.15, 0.2) is 24.3 Å². The summed E-state index contributed by atoms with van der Waals surface area (Å²) in [7, 11) is 1.73. The van der Waals surface area contributed by atoms with Gasteiger partial charge in [0, 0.05) is 6.04 Å². The average Bonchev–Trinajstić information content (AvgIpc) is 2.58. The van der Waals surface area contributed by atoms with E-state index in [1.165, 1.54) is 37.8 Å². The molecule has 88 valence electrons. The SMILES string of the molecule is COc1cccc(C[C@@H]2CCCCCN2)c1. The van der Waals surface area contributed by atoms with Crippen LogP contribution >= 0.6 is 0 Å². The molecule has 0 unspecified atom stereocenters. The van der Waals surface area contributed by atoms with Crippen LogP contribution in [0.4, 0.5) is 0 Å². The Labute approximate surface area is 98.0 Å². The second-order valence-electron chi connectivity index (χ2n) is 4.56. The lowest BCUT2D eigenvalue weighted by atomic mass is 10.0. The van der Waals surface area contributed by atoms with Crippen LogP contribution in [0.1, 0.15) is 31.2 Å². The fraction of sp³-hybridized carbons (Fsp3) is 0.571. The Bertz CT molecular complexity index is 316. The minimum Gasteiger partial charge on any atom is -0.497 e. The Kier molecular flexibility index (Phi) is 4.23. The number of benzene rings is 1. The molecule has 0 bridgehead atoms. The summed E-state index contributed by atoms with van der Waals surface area (Å²) >= 11 is 0. The molecule has 1 N–H and O–H groups in total. The van der Waals surface area contributed by atoms with Crippen molar-refractivity contribution < 1.29 is 4.74 Å². The maximum absolute atomic E-state index is 5.25. The molecule has 2 heteroatoms. The fourth-order valence-corrected chi connectivity index (χ4v) is 2.36. The molecule has 1 heterocycles. The second kappa shape index (κ2) is 5.90. The van der Waals surface area contributed by atoms with Gasteiger partial charge in [-0.2, -0.15) is 0 Å². The molecule has 1 atom stereocenters. The first-order valence-corrected chi connectivity index (χ1v) is 6.25. The van der Waals surface area contributed by atoms with Gasteiger partial charge in [-0.25, -0.2) is 0 Å². The number of rotatable bonds is 3. The van der Waals surface area contributed by atoms with Crippen LogP contribution in [0.2, 0.25) is 0 Å². The smallest absolute Gasteiger partial charge is 0.119 e. The van der Waals surface area contributed by atoms with E-state index in [1.54, 1.807) is 7.11 Å². The van der Waals surface area contributed by atoms with Crippen molar-refractivity contribution in [2.75, 3.05) is 13.7 Å². The summed E-state index contributed by atoms with van der Waals surface area (Å²) in [6.45, 7) is 1.18. The molecule has 0 aromatic heterocycles. The summed E-state index contributed by atoms with van der Waals surface area (Å²) in [6, 6.07) is 9.06. The summed E-state index contributed by atoms with van der Waals surface area (Å²) in [4.78, 5) is 0. The predicted molar refractivity (Wildman–Crippen MR) is 67.0 cm³/mol. The highest BCUT2D eigenvalue weighted by atomic mass is 16.5. The van der Waals surface area contributed by atoms with Gasteiger partial charge in [0.1, 0.15) is 5.75 Å². The highest BCUT2D eigenvalue weighted by molar-refractivity contribution is 5.28. The largest absolute Gasteiger partial charge is 0.497 e. The van der Waals surface area contributed by atoms with E-state index in [1.807, 2.05) is 6.07 Å². The molecule has 1 aliphatic rings. The first-order valence-electron chi connectivity index (χ1n) is 6.25. The molecule has 0 saturated carbocycles. The molecule has 1 aromatic rings. The maximum Gasteiger partial charge on any atom is 0.119 e. The van der Waals surface area contributed by atoms with Crippen LogP contribution in [0.25, 0.3) is 0 Å². The van der Waals surface area contributed by atoms with E-state index >= 15 is 0 Å². The Hall–Kier alpha value is -1.02. The molecule has 0 amide bonds. The predicted octanol–water partition coefficient (Wildman–Crippen LogP) is 2.77. The third-order valence-electron chi connectivity index (χ3n) is 3.28. The zero-order chi connectivity index (χ0) is 11.2. The van der Waals surface area contributed by atoms with Crippen molar-refractivity contribution in [2.24, 2.45) is 0 Å². The van der Waals surface area contributed by atoms with Crippen molar-refractivity contribution in [3.8, 4) is 5.75 Å². The summed E-state index contributed by atoms with van der Waals surface area (Å²) in [5.74, 6) is 0.964. The van der Waals surface area contributed by atoms with Gasteiger partial charge >= 0.3 is 0 Å². The number of methoxy groups -OCH3 is 1. The summed E-state index contributed by atoms with van der Waals surface area (Å²) < 4.78 is 5.25. The molecule has 0 radical (unpaired) electrons. The van der Waals surface area contributed by atoms with Crippen LogP contribution in [0.5, 0.6) is 5.75 Å². The number of hydrogen-bond acceptors (Lipinski definition) is 2. The minimum atomic E-state index is 0.648. The van der Waals surface area contributed by atoms with E-state index in [-0.39, 0.29) is 0 Å². The quantitative estimate of drug-likeness (QED) is 0.844. The van der Waals surface area contributed by atoms with Gasteiger partial charge in [0.15, 0.2) is 0 Å². The van der Waals surface area contributed by atoms with Gasteiger partial charge in [-0.3, -0.25) is 0 Å². The first-order chi connectivity index (χ1) is 7.88. The second-order valence-corrected chi connectivity index (χ2v) is 4.56. The van der Waals surface area contributed by atoms with Gasteiger partial charge < -0.3 is 10.1 Å². The number of ether oxygens (including phenoxy) is 1. The highest BCUT2D eigenvalue weighted by Crippen LogP contribution is 2.17. The monoisotopic (exact) mass is 219 g/mol. The van der Waals surface area contributed by atoms with Crippen molar-refractivity contribution in [2.45, 2.75) is 38.1 Å². The maximum atomic E-state index is 5.25. The lowest BCUT2D eigenvalue weighted by Crippen LogP contribution is -2.30. The number of nitrogens with one attached hydrogen (secondary N) is 1. The molecule has 1 aliphatic heterocycles. The van der Waals surface area contributed by atoms with Gasteiger partial charge in [-0.05, 0) is 43.5 Å². The molecule has 16 heavy (non-hydrogen) atoms. The van der Waals surface area contributed by atoms with Crippen molar-refractivity contribution >= 4 is 0 Å². The van der Waals surface area contributed by atoms with Crippen LogP contribution in [-0.2, 0) is 6.42 Å². The van der Waals surface area contributed by atoms with Gasteiger partial charge in [-0.15, -0.1) is 0 Å². The summed E-state index contributed by atoms with van der Waals surface area (Å²) in [6.07, 6.45) is 6.49. The Morgan fingerprint density at radius 3 is 3.12 bits per heavy atom. The van der Waals surface area contributed by atoms with Crippen molar-refractivity contribution in [1.82, 2.24) is 5.32 Å². The van der Waals surface area contributed by atoms with Crippen LogP contribution in [0.3, 0.4) is 0 Å². The average molecular weight is 219 g/mol. The lowest BCUT2D eigenvalue weighted by Gasteiger charge is -2.16. The summed E-state index contributed by atoms with van der Waals surface area (Å²) in [5, 5.41) is 3.63. The lowest BCUT2D eigenvalue weighted by molar-refractivity contribution is 0.413. The molecule has 1 aromatic carbocycles. The minimum absolute atomic E-state index is 0.648. The van der Waals surface area contributed by atoms with E-state index in [0.717, 1.165) is 12.2 Å². The Balaban J connectivity index is 1.96. The van der Waals surface area contributed by atoms with Gasteiger partial charge in [0.2, 0.25) is 0 Å². The van der Waals surface area contributed by atoms with Crippen LogP contribution in [0, 0.1) is 0 Å². The topological polar surface area (TPSA) is 21.3 Å². The van der Waals surface area contributed by atoms with E-state index in [9.17, 15) is 0 Å². The van der Waals surface area contributed by atoms with Crippen LogP contribution in [-0.4, -0.2) is 19.7 Å². The van der Waals surface area contributed by atoms with Crippen LogP contribution < -0.4 is 10.1 Å². The van der Waals surface area contributed by atoms with E-state index in [2.05, 4.69) is 23.5 Å². The van der Waals surface area contributed by atoms with E-state index in [4.69, 9.17) is 4.74 Å². The standard InChI is InChI=1S/C14H21NO/c1-16-14-8-5-6-12(11-14)10-13-7-3-2-4-9-15-13/h5-6,8,11,13,15H,2-4,7,9-10H2,1H3/t13-/m0/s1. The zero-order valence-corrected chi connectivity index (χ0v) is 10.0. The molecule has 1 saturated heterocycles. The van der Waals surface area contributed by atoms with Crippen molar-refractivity contribution in [3.05, 3.63) is 29.8 Å². The molecular weight excluding hydrogens is 198 g/mol. The highest BCUT2D eigenvalue weighted by Gasteiger charge is 2.11.